The molecule has 0 spiro atoms. The maximum atomic E-state index is 11.9. The van der Waals surface area contributed by atoms with Gasteiger partial charge in [0, 0.05) is 16.1 Å². The average Bonchev–Trinajstić information content (AvgIpc) is 2.23. The fraction of sp³-hybridized carbons (Fsp3) is 0.364. The van der Waals surface area contributed by atoms with Gasteiger partial charge in [-0.3, -0.25) is 4.79 Å². The van der Waals surface area contributed by atoms with E-state index in [4.69, 9.17) is 4.74 Å². The Kier molecular flexibility index (Phi) is 4.52. The van der Waals surface area contributed by atoms with Crippen LogP contribution in [0.4, 0.5) is 5.69 Å². The first-order valence-electron chi connectivity index (χ1n) is 4.69. The van der Waals surface area contributed by atoms with Crippen molar-refractivity contribution in [2.45, 2.75) is 19.4 Å². The Bertz CT molecular complexity index is 385. The fourth-order valence-electron chi connectivity index (χ4n) is 0.974. The van der Waals surface area contributed by atoms with Gasteiger partial charge in [0.2, 0.25) is 0 Å². The normalized spacial score (nSPS) is 11.3. The molecule has 0 aliphatic heterocycles. The summed E-state index contributed by atoms with van der Waals surface area (Å²) < 4.78 is 6.75. The number of benzene rings is 1. The predicted octanol–water partition coefficient (Wildman–Crippen LogP) is 3.58. The van der Waals surface area contributed by atoms with Crippen LogP contribution in [-0.4, -0.2) is 18.6 Å². The van der Waals surface area contributed by atoms with E-state index in [1.165, 1.54) is 7.11 Å². The third-order valence-corrected chi connectivity index (χ3v) is 3.58. The molecule has 0 aliphatic carbocycles. The van der Waals surface area contributed by atoms with Gasteiger partial charge in [-0.25, -0.2) is 0 Å². The van der Waals surface area contributed by atoms with Crippen LogP contribution in [0.25, 0.3) is 0 Å². The second kappa shape index (κ2) is 5.29. The lowest BCUT2D eigenvalue weighted by molar-refractivity contribution is -0.133. The second-order valence-electron chi connectivity index (χ2n) is 3.77. The fourth-order valence-corrected chi connectivity index (χ4v) is 2.17. The van der Waals surface area contributed by atoms with Gasteiger partial charge in [-0.15, -0.1) is 0 Å². The van der Waals surface area contributed by atoms with E-state index in [9.17, 15) is 4.79 Å². The van der Waals surface area contributed by atoms with Crippen molar-refractivity contribution >= 4 is 43.5 Å². The minimum Gasteiger partial charge on any atom is -0.369 e. The summed E-state index contributed by atoms with van der Waals surface area (Å²) in [5.41, 5.74) is -0.146. The molecule has 0 aromatic heterocycles. The molecule has 3 nitrogen and oxygen atoms in total. The van der Waals surface area contributed by atoms with Crippen LogP contribution in [0.15, 0.2) is 27.1 Å². The molecule has 1 amide bonds. The maximum absolute atomic E-state index is 11.9. The highest BCUT2D eigenvalue weighted by atomic mass is 79.9. The van der Waals surface area contributed by atoms with E-state index in [1.807, 2.05) is 18.2 Å². The Hall–Kier alpha value is -0.390. The molecule has 1 N–H and O–H groups in total. The van der Waals surface area contributed by atoms with Crippen LogP contribution in [0.3, 0.4) is 0 Å². The number of halogens is 2. The topological polar surface area (TPSA) is 38.3 Å². The molecular formula is C11H13Br2NO2. The van der Waals surface area contributed by atoms with E-state index >= 15 is 0 Å². The molecule has 0 saturated heterocycles. The smallest absolute Gasteiger partial charge is 0.256 e. The molecule has 88 valence electrons. The standard InChI is InChI=1S/C11H13Br2NO2/c1-11(2,16-3)10(15)14-9-7(12)5-4-6-8(9)13/h4-6H,1-3H3,(H,14,15). The number of amides is 1. The molecule has 0 radical (unpaired) electrons. The molecule has 0 fully saturated rings. The first-order chi connectivity index (χ1) is 7.38. The Morgan fingerprint density at radius 1 is 1.31 bits per heavy atom. The van der Waals surface area contributed by atoms with Crippen molar-refractivity contribution in [2.24, 2.45) is 0 Å². The number of carbonyl (C=O) groups excluding carboxylic acids is 1. The van der Waals surface area contributed by atoms with Crippen LogP contribution < -0.4 is 5.32 Å². The monoisotopic (exact) mass is 349 g/mol. The van der Waals surface area contributed by atoms with Crippen molar-refractivity contribution in [3.05, 3.63) is 27.1 Å². The molecule has 5 heteroatoms. The highest BCUT2D eigenvalue weighted by molar-refractivity contribution is 9.11. The van der Waals surface area contributed by atoms with Gasteiger partial charge in [-0.1, -0.05) is 6.07 Å². The second-order valence-corrected chi connectivity index (χ2v) is 5.47. The lowest BCUT2D eigenvalue weighted by atomic mass is 10.1. The molecule has 0 saturated carbocycles. The molecule has 0 atom stereocenters. The van der Waals surface area contributed by atoms with E-state index in [1.54, 1.807) is 13.8 Å². The van der Waals surface area contributed by atoms with Gasteiger partial charge in [0.1, 0.15) is 5.60 Å². The van der Waals surface area contributed by atoms with Crippen LogP contribution in [0.5, 0.6) is 0 Å². The number of rotatable bonds is 3. The number of anilines is 1. The van der Waals surface area contributed by atoms with Gasteiger partial charge in [0.15, 0.2) is 0 Å². The number of hydrogen-bond donors (Lipinski definition) is 1. The van der Waals surface area contributed by atoms with Gasteiger partial charge in [-0.05, 0) is 57.8 Å². The molecular weight excluding hydrogens is 338 g/mol. The van der Waals surface area contributed by atoms with Gasteiger partial charge >= 0.3 is 0 Å². The van der Waals surface area contributed by atoms with Gasteiger partial charge in [0.25, 0.3) is 5.91 Å². The van der Waals surface area contributed by atoms with Crippen LogP contribution in [0.1, 0.15) is 13.8 Å². The van der Waals surface area contributed by atoms with Crippen molar-refractivity contribution in [1.29, 1.82) is 0 Å². The van der Waals surface area contributed by atoms with Crippen LogP contribution in [0.2, 0.25) is 0 Å². The van der Waals surface area contributed by atoms with E-state index in [-0.39, 0.29) is 5.91 Å². The van der Waals surface area contributed by atoms with Crippen molar-refractivity contribution in [1.82, 2.24) is 0 Å². The summed E-state index contributed by atoms with van der Waals surface area (Å²) in [6.07, 6.45) is 0. The Morgan fingerprint density at radius 3 is 2.25 bits per heavy atom. The van der Waals surface area contributed by atoms with Crippen molar-refractivity contribution in [3.8, 4) is 0 Å². The van der Waals surface area contributed by atoms with E-state index in [0.29, 0.717) is 5.69 Å². The van der Waals surface area contributed by atoms with E-state index in [2.05, 4.69) is 37.2 Å². The summed E-state index contributed by atoms with van der Waals surface area (Å²) in [6.45, 7) is 3.43. The highest BCUT2D eigenvalue weighted by Crippen LogP contribution is 2.31. The zero-order valence-corrected chi connectivity index (χ0v) is 12.5. The Morgan fingerprint density at radius 2 is 1.81 bits per heavy atom. The summed E-state index contributed by atoms with van der Waals surface area (Å²) in [7, 11) is 1.51. The molecule has 16 heavy (non-hydrogen) atoms. The molecule has 0 unspecified atom stereocenters. The molecule has 0 heterocycles. The van der Waals surface area contributed by atoms with Crippen molar-refractivity contribution in [2.75, 3.05) is 12.4 Å². The number of ether oxygens (including phenoxy) is 1. The summed E-state index contributed by atoms with van der Waals surface area (Å²) >= 11 is 6.76. The Labute approximate surface area is 112 Å². The molecule has 1 aromatic carbocycles. The average molecular weight is 351 g/mol. The summed E-state index contributed by atoms with van der Waals surface area (Å²) in [5, 5.41) is 2.81. The highest BCUT2D eigenvalue weighted by Gasteiger charge is 2.27. The zero-order chi connectivity index (χ0) is 12.3. The zero-order valence-electron chi connectivity index (χ0n) is 9.30. The summed E-state index contributed by atoms with van der Waals surface area (Å²) in [5.74, 6) is -0.192. The van der Waals surface area contributed by atoms with E-state index < -0.39 is 5.60 Å². The third kappa shape index (κ3) is 3.06. The van der Waals surface area contributed by atoms with Gasteiger partial charge in [-0.2, -0.15) is 0 Å². The molecule has 0 bridgehead atoms. The molecule has 0 aliphatic rings. The first kappa shape index (κ1) is 13.7. The van der Waals surface area contributed by atoms with Crippen LogP contribution in [-0.2, 0) is 9.53 Å². The number of hydrogen-bond acceptors (Lipinski definition) is 2. The van der Waals surface area contributed by atoms with Gasteiger partial charge < -0.3 is 10.1 Å². The Balaban J connectivity index is 2.94. The number of methoxy groups -OCH3 is 1. The van der Waals surface area contributed by atoms with Crippen molar-refractivity contribution in [3.63, 3.8) is 0 Å². The number of para-hydroxylation sites is 1. The lowest BCUT2D eigenvalue weighted by Crippen LogP contribution is -2.38. The minimum absolute atomic E-state index is 0.192. The van der Waals surface area contributed by atoms with Crippen LogP contribution >= 0.6 is 31.9 Å². The SMILES string of the molecule is COC(C)(C)C(=O)Nc1c(Br)cccc1Br. The number of nitrogens with one attached hydrogen (secondary N) is 1. The quantitative estimate of drug-likeness (QED) is 0.904. The molecule has 1 rings (SSSR count). The van der Waals surface area contributed by atoms with Gasteiger partial charge in [0.05, 0.1) is 5.69 Å². The van der Waals surface area contributed by atoms with Crippen LogP contribution in [0, 0.1) is 0 Å². The van der Waals surface area contributed by atoms with Crippen molar-refractivity contribution < 1.29 is 9.53 Å². The minimum atomic E-state index is -0.852. The molecule has 1 aromatic rings. The largest absolute Gasteiger partial charge is 0.369 e. The maximum Gasteiger partial charge on any atom is 0.256 e. The van der Waals surface area contributed by atoms with E-state index in [0.717, 1.165) is 8.95 Å². The number of carbonyl (C=O) groups is 1. The summed E-state index contributed by atoms with van der Waals surface area (Å²) in [6, 6.07) is 5.60. The predicted molar refractivity (Wildman–Crippen MR) is 71.6 cm³/mol. The third-order valence-electron chi connectivity index (χ3n) is 2.26. The summed E-state index contributed by atoms with van der Waals surface area (Å²) in [4.78, 5) is 11.9. The first-order valence-corrected chi connectivity index (χ1v) is 6.27. The lowest BCUT2D eigenvalue weighted by Gasteiger charge is -2.22.